The highest BCUT2D eigenvalue weighted by molar-refractivity contribution is 6.04. The number of pyridine rings is 1. The molecule has 0 spiro atoms. The quantitative estimate of drug-likeness (QED) is 0.579. The molecule has 4 aromatic rings. The highest BCUT2D eigenvalue weighted by atomic mass is 16.5. The van der Waals surface area contributed by atoms with E-state index in [4.69, 9.17) is 4.74 Å². The second kappa shape index (κ2) is 6.86. The zero-order valence-corrected chi connectivity index (χ0v) is 16.0. The van der Waals surface area contributed by atoms with Crippen molar-refractivity contribution in [3.8, 4) is 5.69 Å². The van der Waals surface area contributed by atoms with E-state index in [1.807, 2.05) is 28.8 Å². The van der Waals surface area contributed by atoms with Gasteiger partial charge < -0.3 is 14.7 Å². The van der Waals surface area contributed by atoms with E-state index in [0.29, 0.717) is 18.7 Å². The first-order valence-corrected chi connectivity index (χ1v) is 9.55. The van der Waals surface area contributed by atoms with Crippen LogP contribution in [0.1, 0.15) is 15.9 Å². The summed E-state index contributed by atoms with van der Waals surface area (Å²) >= 11 is 0. The van der Waals surface area contributed by atoms with Crippen LogP contribution in [0.3, 0.4) is 0 Å². The molecule has 0 aliphatic carbocycles. The monoisotopic (exact) mass is 388 g/mol. The van der Waals surface area contributed by atoms with Gasteiger partial charge in [0.2, 0.25) is 0 Å². The summed E-state index contributed by atoms with van der Waals surface area (Å²) in [5.74, 6) is -0.980. The summed E-state index contributed by atoms with van der Waals surface area (Å²) in [6.07, 6.45) is 3.47. The molecule has 0 unspecified atom stereocenters. The molecule has 0 radical (unpaired) electrons. The minimum absolute atomic E-state index is 0.206. The largest absolute Gasteiger partial charge is 0.478 e. The number of anilines is 1. The maximum atomic E-state index is 12.0. The van der Waals surface area contributed by atoms with Gasteiger partial charge in [0.05, 0.1) is 35.5 Å². The predicted molar refractivity (Wildman–Crippen MR) is 111 cm³/mol. The SMILES string of the molecule is Cc1cccc2nccc(-n3cnc4c(C(=O)O)cc(N5CCOCC5)cc43)c12. The highest BCUT2D eigenvalue weighted by Gasteiger charge is 2.20. The molecular weight excluding hydrogens is 368 g/mol. The predicted octanol–water partition coefficient (Wildman–Crippen LogP) is 3.42. The zero-order chi connectivity index (χ0) is 20.0. The Balaban J connectivity index is 1.78. The third-order valence-corrected chi connectivity index (χ3v) is 5.46. The van der Waals surface area contributed by atoms with Crippen LogP contribution in [0.25, 0.3) is 27.6 Å². The van der Waals surface area contributed by atoms with Crippen LogP contribution in [0.5, 0.6) is 0 Å². The van der Waals surface area contributed by atoms with Crippen LogP contribution >= 0.6 is 0 Å². The van der Waals surface area contributed by atoms with E-state index >= 15 is 0 Å². The lowest BCUT2D eigenvalue weighted by atomic mass is 10.1. The van der Waals surface area contributed by atoms with Crippen LogP contribution in [0.4, 0.5) is 5.69 Å². The smallest absolute Gasteiger partial charge is 0.338 e. The number of ether oxygens (including phenoxy) is 1. The van der Waals surface area contributed by atoms with E-state index in [0.717, 1.165) is 46.4 Å². The molecular formula is C22H20N4O3. The number of carboxylic acids is 1. The van der Waals surface area contributed by atoms with Crippen molar-refractivity contribution < 1.29 is 14.6 Å². The van der Waals surface area contributed by atoms with Crippen molar-refractivity contribution in [2.75, 3.05) is 31.2 Å². The molecule has 2 aromatic carbocycles. The van der Waals surface area contributed by atoms with Crippen molar-refractivity contribution >= 4 is 33.6 Å². The number of nitrogens with zero attached hydrogens (tertiary/aromatic N) is 4. The Morgan fingerprint density at radius 2 is 1.97 bits per heavy atom. The molecule has 1 aliphatic rings. The summed E-state index contributed by atoms with van der Waals surface area (Å²) in [4.78, 5) is 23.1. The molecule has 2 aromatic heterocycles. The van der Waals surface area contributed by atoms with Gasteiger partial charge in [-0.15, -0.1) is 0 Å². The van der Waals surface area contributed by atoms with Gasteiger partial charge in [0.15, 0.2) is 0 Å². The third-order valence-electron chi connectivity index (χ3n) is 5.46. The second-order valence-electron chi connectivity index (χ2n) is 7.18. The first-order chi connectivity index (χ1) is 14.1. The number of aromatic carboxylic acids is 1. The van der Waals surface area contributed by atoms with Crippen LogP contribution < -0.4 is 4.90 Å². The first kappa shape index (κ1) is 17.6. The molecule has 1 saturated heterocycles. The molecule has 1 aliphatic heterocycles. The minimum Gasteiger partial charge on any atom is -0.478 e. The summed E-state index contributed by atoms with van der Waals surface area (Å²) in [7, 11) is 0. The minimum atomic E-state index is -0.980. The van der Waals surface area contributed by atoms with Crippen molar-refractivity contribution in [3.05, 3.63) is 60.0 Å². The van der Waals surface area contributed by atoms with E-state index in [9.17, 15) is 9.90 Å². The molecule has 0 atom stereocenters. The number of hydrogen-bond donors (Lipinski definition) is 1. The molecule has 7 heteroatoms. The summed E-state index contributed by atoms with van der Waals surface area (Å²) < 4.78 is 7.40. The van der Waals surface area contributed by atoms with Gasteiger partial charge in [-0.25, -0.2) is 9.78 Å². The van der Waals surface area contributed by atoms with Gasteiger partial charge >= 0.3 is 5.97 Å². The maximum absolute atomic E-state index is 12.0. The fourth-order valence-corrected chi connectivity index (χ4v) is 4.03. The van der Waals surface area contributed by atoms with Crippen LogP contribution in [0, 0.1) is 6.92 Å². The van der Waals surface area contributed by atoms with E-state index in [-0.39, 0.29) is 5.56 Å². The number of benzene rings is 2. The lowest BCUT2D eigenvalue weighted by molar-refractivity contribution is 0.0699. The number of carbonyl (C=O) groups is 1. The van der Waals surface area contributed by atoms with Gasteiger partial charge in [-0.3, -0.25) is 9.55 Å². The number of imidazole rings is 1. The Labute approximate surface area is 167 Å². The van der Waals surface area contributed by atoms with Crippen LogP contribution in [-0.2, 0) is 4.74 Å². The first-order valence-electron chi connectivity index (χ1n) is 9.55. The highest BCUT2D eigenvalue weighted by Crippen LogP contribution is 2.31. The Kier molecular flexibility index (Phi) is 4.17. The number of morpholine rings is 1. The van der Waals surface area contributed by atoms with Crippen molar-refractivity contribution in [2.45, 2.75) is 6.92 Å². The number of fused-ring (bicyclic) bond motifs is 2. The second-order valence-corrected chi connectivity index (χ2v) is 7.18. The Morgan fingerprint density at radius 1 is 1.14 bits per heavy atom. The van der Waals surface area contributed by atoms with E-state index in [1.54, 1.807) is 18.6 Å². The van der Waals surface area contributed by atoms with E-state index in [2.05, 4.69) is 27.9 Å². The molecule has 1 N–H and O–H groups in total. The molecule has 7 nitrogen and oxygen atoms in total. The lowest BCUT2D eigenvalue weighted by Crippen LogP contribution is -2.36. The summed E-state index contributed by atoms with van der Waals surface area (Å²) in [5, 5.41) is 10.8. The van der Waals surface area contributed by atoms with Gasteiger partial charge in [0.1, 0.15) is 11.8 Å². The van der Waals surface area contributed by atoms with Crippen molar-refractivity contribution in [3.63, 3.8) is 0 Å². The molecule has 146 valence electrons. The molecule has 0 bridgehead atoms. The fraction of sp³-hybridized carbons (Fsp3) is 0.227. The molecule has 3 heterocycles. The molecule has 0 saturated carbocycles. The van der Waals surface area contributed by atoms with Gasteiger partial charge in [-0.2, -0.15) is 0 Å². The van der Waals surface area contributed by atoms with E-state index < -0.39 is 5.97 Å². The molecule has 29 heavy (non-hydrogen) atoms. The maximum Gasteiger partial charge on any atom is 0.338 e. The average molecular weight is 388 g/mol. The molecule has 1 fully saturated rings. The van der Waals surface area contributed by atoms with Gasteiger partial charge in [0.25, 0.3) is 0 Å². The fourth-order valence-electron chi connectivity index (χ4n) is 4.03. The van der Waals surface area contributed by atoms with E-state index in [1.165, 1.54) is 0 Å². The van der Waals surface area contributed by atoms with Crippen LogP contribution in [-0.4, -0.2) is 51.9 Å². The van der Waals surface area contributed by atoms with Crippen molar-refractivity contribution in [1.82, 2.24) is 14.5 Å². The van der Waals surface area contributed by atoms with Crippen LogP contribution in [0.15, 0.2) is 48.9 Å². The average Bonchev–Trinajstić information content (AvgIpc) is 3.17. The Hall–Kier alpha value is -3.45. The number of hydrogen-bond acceptors (Lipinski definition) is 5. The standard InChI is InChI=1S/C22H20N4O3/c1-14-3-2-4-17-20(14)18(5-6-23-17)26-13-24-21-16(22(27)28)11-15(12-19(21)26)25-7-9-29-10-8-25/h2-6,11-13H,7-10H2,1H3,(H,27,28). The number of rotatable bonds is 3. The van der Waals surface area contributed by atoms with Crippen LogP contribution in [0.2, 0.25) is 0 Å². The van der Waals surface area contributed by atoms with Crippen molar-refractivity contribution in [2.24, 2.45) is 0 Å². The number of carboxylic acid groups (broad SMARTS) is 1. The zero-order valence-electron chi connectivity index (χ0n) is 16.0. The number of aromatic nitrogens is 3. The van der Waals surface area contributed by atoms with Gasteiger partial charge in [0, 0.05) is 30.4 Å². The normalized spacial score (nSPS) is 14.6. The summed E-state index contributed by atoms with van der Waals surface area (Å²) in [6.45, 7) is 4.78. The number of aryl methyl sites for hydroxylation is 1. The molecule has 0 amide bonds. The topological polar surface area (TPSA) is 80.5 Å². The van der Waals surface area contributed by atoms with Gasteiger partial charge in [-0.05, 0) is 36.8 Å². The Morgan fingerprint density at radius 3 is 2.76 bits per heavy atom. The lowest BCUT2D eigenvalue weighted by Gasteiger charge is -2.29. The van der Waals surface area contributed by atoms with Crippen molar-refractivity contribution in [1.29, 1.82) is 0 Å². The van der Waals surface area contributed by atoms with Gasteiger partial charge in [-0.1, -0.05) is 12.1 Å². The molecule has 5 rings (SSSR count). The third kappa shape index (κ3) is 2.91. The summed E-state index contributed by atoms with van der Waals surface area (Å²) in [5.41, 5.74) is 5.26. The Bertz CT molecular complexity index is 1240. The summed E-state index contributed by atoms with van der Waals surface area (Å²) in [6, 6.07) is 11.7.